The zero-order chi connectivity index (χ0) is 22.1. The van der Waals surface area contributed by atoms with E-state index in [1.165, 1.54) is 11.1 Å². The number of rotatable bonds is 4. The van der Waals surface area contributed by atoms with E-state index in [1.807, 2.05) is 0 Å². The van der Waals surface area contributed by atoms with Gasteiger partial charge >= 0.3 is 0 Å². The average molecular weight is 431 g/mol. The van der Waals surface area contributed by atoms with Crippen molar-refractivity contribution in [1.29, 1.82) is 0 Å². The third-order valence-corrected chi connectivity index (χ3v) is 5.74. The zero-order valence-corrected chi connectivity index (χ0v) is 17.1. The van der Waals surface area contributed by atoms with Crippen LogP contribution in [0.5, 0.6) is 0 Å². The Morgan fingerprint density at radius 1 is 1.13 bits per heavy atom. The fourth-order valence-electron chi connectivity index (χ4n) is 4.13. The van der Waals surface area contributed by atoms with Crippen LogP contribution in [0.1, 0.15) is 29.6 Å². The van der Waals surface area contributed by atoms with Gasteiger partial charge in [-0.3, -0.25) is 19.1 Å². The van der Waals surface area contributed by atoms with Crippen LogP contribution in [0.25, 0.3) is 0 Å². The lowest BCUT2D eigenvalue weighted by atomic mass is 10.0. The molecule has 10 heteroatoms. The standard InChI is InChI=1S/C21H23F2N5O3/c1-26-11-14(10-24-26)20(30)25-17-2-4-27(5-3-17)21(31)13-6-19(29)28(12-13)18-8-15(22)7-16(23)9-18/h7-11,13,17H,2-6,12H2,1H3,(H,25,30). The van der Waals surface area contributed by atoms with Gasteiger partial charge in [0.1, 0.15) is 11.6 Å². The molecular weight excluding hydrogens is 408 g/mol. The third kappa shape index (κ3) is 4.57. The highest BCUT2D eigenvalue weighted by Crippen LogP contribution is 2.28. The Morgan fingerprint density at radius 3 is 2.42 bits per heavy atom. The molecule has 2 aliphatic rings. The highest BCUT2D eigenvalue weighted by Gasteiger charge is 2.38. The van der Waals surface area contributed by atoms with Gasteiger partial charge < -0.3 is 15.1 Å². The van der Waals surface area contributed by atoms with Gasteiger partial charge in [0.15, 0.2) is 0 Å². The molecule has 3 amide bonds. The molecule has 3 heterocycles. The number of carbonyl (C=O) groups is 3. The lowest BCUT2D eigenvalue weighted by molar-refractivity contribution is -0.136. The number of benzene rings is 1. The predicted octanol–water partition coefficient (Wildman–Crippen LogP) is 1.47. The zero-order valence-electron chi connectivity index (χ0n) is 17.1. The summed E-state index contributed by atoms with van der Waals surface area (Å²) in [6.45, 7) is 1.03. The van der Waals surface area contributed by atoms with Gasteiger partial charge in [0, 0.05) is 57.1 Å². The van der Waals surface area contributed by atoms with E-state index >= 15 is 0 Å². The third-order valence-electron chi connectivity index (χ3n) is 5.74. The van der Waals surface area contributed by atoms with E-state index in [2.05, 4.69) is 10.4 Å². The van der Waals surface area contributed by atoms with Crippen molar-refractivity contribution in [3.8, 4) is 0 Å². The van der Waals surface area contributed by atoms with Gasteiger partial charge in [0.05, 0.1) is 17.7 Å². The number of aromatic nitrogens is 2. The second-order valence-corrected chi connectivity index (χ2v) is 8.01. The minimum Gasteiger partial charge on any atom is -0.349 e. The van der Waals surface area contributed by atoms with Gasteiger partial charge in [-0.2, -0.15) is 5.10 Å². The van der Waals surface area contributed by atoms with Gasteiger partial charge in [-0.1, -0.05) is 0 Å². The number of carbonyl (C=O) groups excluding carboxylic acids is 3. The largest absolute Gasteiger partial charge is 0.349 e. The lowest BCUT2D eigenvalue weighted by Crippen LogP contribution is -2.48. The molecule has 8 nitrogen and oxygen atoms in total. The Morgan fingerprint density at radius 2 is 1.81 bits per heavy atom. The van der Waals surface area contributed by atoms with Gasteiger partial charge in [-0.15, -0.1) is 0 Å². The van der Waals surface area contributed by atoms with Crippen molar-refractivity contribution in [2.24, 2.45) is 13.0 Å². The lowest BCUT2D eigenvalue weighted by Gasteiger charge is -2.33. The molecule has 0 saturated carbocycles. The molecule has 0 spiro atoms. The summed E-state index contributed by atoms with van der Waals surface area (Å²) >= 11 is 0. The summed E-state index contributed by atoms with van der Waals surface area (Å²) in [6, 6.07) is 2.87. The molecule has 1 aromatic carbocycles. The van der Waals surface area contributed by atoms with E-state index < -0.39 is 17.6 Å². The minimum atomic E-state index is -0.770. The van der Waals surface area contributed by atoms with E-state index in [1.54, 1.807) is 22.8 Å². The second-order valence-electron chi connectivity index (χ2n) is 8.01. The van der Waals surface area contributed by atoms with Crippen molar-refractivity contribution in [3.05, 3.63) is 47.8 Å². The first-order chi connectivity index (χ1) is 14.8. The van der Waals surface area contributed by atoms with Crippen LogP contribution < -0.4 is 10.2 Å². The molecule has 1 unspecified atom stereocenters. The number of hydrogen-bond donors (Lipinski definition) is 1. The number of hydrogen-bond acceptors (Lipinski definition) is 4. The molecule has 1 aromatic heterocycles. The first-order valence-electron chi connectivity index (χ1n) is 10.1. The topological polar surface area (TPSA) is 87.5 Å². The van der Waals surface area contributed by atoms with Crippen molar-refractivity contribution in [1.82, 2.24) is 20.0 Å². The van der Waals surface area contributed by atoms with Crippen LogP contribution >= 0.6 is 0 Å². The quantitative estimate of drug-likeness (QED) is 0.794. The maximum atomic E-state index is 13.5. The number of amides is 3. The Kier molecular flexibility index (Phi) is 5.71. The van der Waals surface area contributed by atoms with Crippen molar-refractivity contribution < 1.29 is 23.2 Å². The van der Waals surface area contributed by atoms with Gasteiger partial charge in [0.25, 0.3) is 5.91 Å². The number of nitrogens with one attached hydrogen (secondary N) is 1. The number of aryl methyl sites for hydroxylation is 1. The van der Waals surface area contributed by atoms with Crippen LogP contribution in [-0.2, 0) is 16.6 Å². The summed E-state index contributed by atoms with van der Waals surface area (Å²) in [6.07, 6.45) is 4.37. The van der Waals surface area contributed by atoms with Crippen LogP contribution in [-0.4, -0.2) is 58.1 Å². The van der Waals surface area contributed by atoms with E-state index in [9.17, 15) is 23.2 Å². The summed E-state index contributed by atoms with van der Waals surface area (Å²) in [5.41, 5.74) is 0.606. The molecule has 2 aromatic rings. The summed E-state index contributed by atoms with van der Waals surface area (Å²) in [4.78, 5) is 40.5. The van der Waals surface area contributed by atoms with Gasteiger partial charge in [0.2, 0.25) is 11.8 Å². The predicted molar refractivity (Wildman–Crippen MR) is 107 cm³/mol. The average Bonchev–Trinajstić information content (AvgIpc) is 3.33. The molecule has 0 radical (unpaired) electrons. The first kappa shape index (κ1) is 21.0. The summed E-state index contributed by atoms with van der Waals surface area (Å²) in [5, 5.41) is 6.94. The molecule has 2 fully saturated rings. The number of likely N-dealkylation sites (tertiary alicyclic amines) is 1. The number of anilines is 1. The smallest absolute Gasteiger partial charge is 0.254 e. The molecule has 4 rings (SSSR count). The Labute approximate surface area is 177 Å². The van der Waals surface area contributed by atoms with Crippen LogP contribution in [0.15, 0.2) is 30.6 Å². The Hall–Kier alpha value is -3.30. The maximum absolute atomic E-state index is 13.5. The molecule has 2 aliphatic heterocycles. The highest BCUT2D eigenvalue weighted by atomic mass is 19.1. The van der Waals surface area contributed by atoms with Crippen molar-refractivity contribution >= 4 is 23.4 Å². The van der Waals surface area contributed by atoms with Crippen molar-refractivity contribution in [2.45, 2.75) is 25.3 Å². The summed E-state index contributed by atoms with van der Waals surface area (Å²) in [7, 11) is 1.74. The summed E-state index contributed by atoms with van der Waals surface area (Å²) in [5.74, 6) is -2.77. The highest BCUT2D eigenvalue weighted by molar-refractivity contribution is 6.00. The van der Waals surface area contributed by atoms with Gasteiger partial charge in [-0.25, -0.2) is 8.78 Å². The fourth-order valence-corrected chi connectivity index (χ4v) is 4.13. The molecule has 1 atom stereocenters. The summed E-state index contributed by atoms with van der Waals surface area (Å²) < 4.78 is 28.6. The molecule has 0 aliphatic carbocycles. The Bertz CT molecular complexity index is 996. The van der Waals surface area contributed by atoms with Crippen LogP contribution in [0.4, 0.5) is 14.5 Å². The SMILES string of the molecule is Cn1cc(C(=O)NC2CCN(C(=O)C3CC(=O)N(c4cc(F)cc(F)c4)C3)CC2)cn1. The maximum Gasteiger partial charge on any atom is 0.254 e. The Balaban J connectivity index is 1.31. The number of halogens is 2. The molecule has 1 N–H and O–H groups in total. The molecule has 164 valence electrons. The van der Waals surface area contributed by atoms with Crippen LogP contribution in [0, 0.1) is 17.6 Å². The fraction of sp³-hybridized carbons (Fsp3) is 0.429. The molecule has 0 bridgehead atoms. The monoisotopic (exact) mass is 431 g/mol. The normalized spacial score (nSPS) is 19.7. The molecule has 31 heavy (non-hydrogen) atoms. The first-order valence-corrected chi connectivity index (χ1v) is 10.1. The van der Waals surface area contributed by atoms with E-state index in [-0.39, 0.29) is 42.4 Å². The number of piperidine rings is 1. The molecular formula is C21H23F2N5O3. The molecule has 2 saturated heterocycles. The minimum absolute atomic E-state index is 0.00857. The van der Waals surface area contributed by atoms with E-state index in [0.717, 1.165) is 18.2 Å². The number of nitrogens with zero attached hydrogens (tertiary/aromatic N) is 4. The second kappa shape index (κ2) is 8.44. The van der Waals surface area contributed by atoms with Gasteiger partial charge in [-0.05, 0) is 25.0 Å². The van der Waals surface area contributed by atoms with Crippen LogP contribution in [0.2, 0.25) is 0 Å². The van der Waals surface area contributed by atoms with E-state index in [0.29, 0.717) is 31.5 Å². The van der Waals surface area contributed by atoms with Crippen LogP contribution in [0.3, 0.4) is 0 Å². The van der Waals surface area contributed by atoms with Crippen molar-refractivity contribution in [3.63, 3.8) is 0 Å². The van der Waals surface area contributed by atoms with E-state index in [4.69, 9.17) is 0 Å². The van der Waals surface area contributed by atoms with Crippen molar-refractivity contribution in [2.75, 3.05) is 24.5 Å².